The third-order valence-electron chi connectivity index (χ3n) is 1.09. The van der Waals surface area contributed by atoms with Gasteiger partial charge in [-0.25, -0.2) is 4.98 Å². The zero-order chi connectivity index (χ0) is 10.0. The molecule has 0 bridgehead atoms. The van der Waals surface area contributed by atoms with Gasteiger partial charge in [-0.05, 0) is 11.6 Å². The number of nitro groups is 2. The largest absolute Gasteiger partial charge is 0.555 e. The molecule has 1 heterocycles. The number of halogens is 1. The van der Waals surface area contributed by atoms with Gasteiger partial charge in [-0.3, -0.25) is 20.2 Å². The lowest BCUT2D eigenvalue weighted by Crippen LogP contribution is -2.26. The van der Waals surface area contributed by atoms with Gasteiger partial charge in [0.2, 0.25) is 5.28 Å². The van der Waals surface area contributed by atoms with Crippen molar-refractivity contribution in [3.8, 4) is 0 Å². The highest BCUT2D eigenvalue weighted by Gasteiger charge is 2.35. The molecule has 0 radical (unpaired) electrons. The van der Waals surface area contributed by atoms with E-state index >= 15 is 0 Å². The van der Waals surface area contributed by atoms with Crippen LogP contribution in [0.3, 0.4) is 0 Å². The highest BCUT2D eigenvalue weighted by Crippen LogP contribution is 2.07. The minimum absolute atomic E-state index is 0.284. The minimum Gasteiger partial charge on any atom is -0.257 e. The summed E-state index contributed by atoms with van der Waals surface area (Å²) in [6.07, 6.45) is -1.36. The second kappa shape index (κ2) is 3.31. The number of aromatic nitrogens is 3. The summed E-state index contributed by atoms with van der Waals surface area (Å²) in [6.45, 7) is 0. The highest BCUT2D eigenvalue weighted by atomic mass is 35.5. The lowest BCUT2D eigenvalue weighted by atomic mass is 10.9. The summed E-state index contributed by atoms with van der Waals surface area (Å²) < 4.78 is 0.461. The maximum absolute atomic E-state index is 10.2. The van der Waals surface area contributed by atoms with E-state index in [2.05, 4.69) is 10.1 Å². The maximum atomic E-state index is 10.2. The van der Waals surface area contributed by atoms with Crippen molar-refractivity contribution < 1.29 is 9.85 Å². The molecule has 0 unspecified atom stereocenters. The van der Waals surface area contributed by atoms with Crippen molar-refractivity contribution in [2.75, 3.05) is 0 Å². The predicted molar refractivity (Wildman–Crippen MR) is 38.1 cm³/mol. The van der Waals surface area contributed by atoms with Crippen LogP contribution in [0.25, 0.3) is 0 Å². The van der Waals surface area contributed by atoms with Gasteiger partial charge < -0.3 is 0 Å². The van der Waals surface area contributed by atoms with E-state index in [-0.39, 0.29) is 5.28 Å². The van der Waals surface area contributed by atoms with Gasteiger partial charge in [-0.2, -0.15) is 0 Å². The molecular formula is C3H2ClN5O4. The van der Waals surface area contributed by atoms with Crippen molar-refractivity contribution in [3.63, 3.8) is 0 Å². The Labute approximate surface area is 75.2 Å². The normalized spacial score (nSPS) is 10.3. The molecule has 0 aromatic carbocycles. The van der Waals surface area contributed by atoms with Gasteiger partial charge in [0.05, 0.1) is 0 Å². The standard InChI is InChI=1S/C3H2ClN5O4/c4-2-5-1-7(6-2)3(8(10)11)9(12)13/h1,3H. The third kappa shape index (κ3) is 1.87. The van der Waals surface area contributed by atoms with Gasteiger partial charge in [0.1, 0.15) is 16.2 Å². The number of rotatable bonds is 3. The third-order valence-corrected chi connectivity index (χ3v) is 1.27. The van der Waals surface area contributed by atoms with Crippen LogP contribution in [-0.2, 0) is 0 Å². The number of hydrogen-bond acceptors (Lipinski definition) is 6. The molecule has 0 atom stereocenters. The zero-order valence-electron chi connectivity index (χ0n) is 5.90. The van der Waals surface area contributed by atoms with Crippen molar-refractivity contribution in [1.82, 2.24) is 14.8 Å². The van der Waals surface area contributed by atoms with Crippen molar-refractivity contribution in [1.29, 1.82) is 0 Å². The molecule has 0 fully saturated rings. The zero-order valence-corrected chi connectivity index (χ0v) is 6.66. The summed E-state index contributed by atoms with van der Waals surface area (Å²) in [5.41, 5.74) is 0. The fourth-order valence-corrected chi connectivity index (χ4v) is 0.766. The van der Waals surface area contributed by atoms with Crippen molar-refractivity contribution >= 4 is 11.6 Å². The van der Waals surface area contributed by atoms with Crippen LogP contribution >= 0.6 is 11.6 Å². The molecule has 0 spiro atoms. The molecule has 70 valence electrons. The van der Waals surface area contributed by atoms with Crippen LogP contribution < -0.4 is 0 Å². The van der Waals surface area contributed by atoms with Gasteiger partial charge >= 0.3 is 6.29 Å². The second-order valence-corrected chi connectivity index (χ2v) is 2.25. The van der Waals surface area contributed by atoms with Gasteiger partial charge in [0, 0.05) is 0 Å². The summed E-state index contributed by atoms with van der Waals surface area (Å²) >= 11 is 5.23. The molecule has 13 heavy (non-hydrogen) atoms. The summed E-state index contributed by atoms with van der Waals surface area (Å²) in [4.78, 5) is 21.5. The minimum atomic E-state index is -2.18. The molecule has 1 aromatic heterocycles. The first-order valence-corrected chi connectivity index (χ1v) is 3.24. The number of hydrogen-bond donors (Lipinski definition) is 0. The monoisotopic (exact) mass is 207 g/mol. The first kappa shape index (κ1) is 9.32. The smallest absolute Gasteiger partial charge is 0.257 e. The van der Waals surface area contributed by atoms with Crippen LogP contribution in [0, 0.1) is 20.2 Å². The van der Waals surface area contributed by atoms with E-state index in [4.69, 9.17) is 11.6 Å². The predicted octanol–water partition coefficient (Wildman–Crippen LogP) is -0.0590. The lowest BCUT2D eigenvalue weighted by Gasteiger charge is -1.98. The molecule has 0 aliphatic heterocycles. The fraction of sp³-hybridized carbons (Fsp3) is 0.333. The molecule has 0 amide bonds. The van der Waals surface area contributed by atoms with Crippen LogP contribution in [0.2, 0.25) is 5.28 Å². The molecule has 0 N–H and O–H groups in total. The average molecular weight is 208 g/mol. The Hall–Kier alpha value is -1.77. The summed E-state index contributed by atoms with van der Waals surface area (Å²) in [7, 11) is 0. The quantitative estimate of drug-likeness (QED) is 0.389. The van der Waals surface area contributed by atoms with E-state index in [1.54, 1.807) is 0 Å². The summed E-state index contributed by atoms with van der Waals surface area (Å²) in [6, 6.07) is 0. The molecular weight excluding hydrogens is 206 g/mol. The van der Waals surface area contributed by atoms with Gasteiger partial charge in [0.15, 0.2) is 0 Å². The van der Waals surface area contributed by atoms with Crippen LogP contribution in [-0.4, -0.2) is 24.6 Å². The van der Waals surface area contributed by atoms with Crippen molar-refractivity contribution in [3.05, 3.63) is 31.8 Å². The van der Waals surface area contributed by atoms with E-state index in [1.165, 1.54) is 0 Å². The first-order valence-electron chi connectivity index (χ1n) is 2.86. The molecule has 9 nitrogen and oxygen atoms in total. The second-order valence-electron chi connectivity index (χ2n) is 1.91. The van der Waals surface area contributed by atoms with Gasteiger partial charge in [-0.1, -0.05) is 0 Å². The molecule has 0 saturated carbocycles. The molecule has 0 aliphatic rings. The number of nitrogens with zero attached hydrogens (tertiary/aromatic N) is 5. The summed E-state index contributed by atoms with van der Waals surface area (Å²) in [5.74, 6) is 0. The fourth-order valence-electron chi connectivity index (χ4n) is 0.635. The Balaban J connectivity index is 3.02. The van der Waals surface area contributed by atoms with E-state index in [9.17, 15) is 20.2 Å². The highest BCUT2D eigenvalue weighted by molar-refractivity contribution is 6.28. The molecule has 0 aliphatic carbocycles. The average Bonchev–Trinajstić information content (AvgIpc) is 2.34. The van der Waals surface area contributed by atoms with Gasteiger partial charge in [-0.15, -0.1) is 9.78 Å². The topological polar surface area (TPSA) is 117 Å². The van der Waals surface area contributed by atoms with Crippen LogP contribution in [0.15, 0.2) is 6.33 Å². The maximum Gasteiger partial charge on any atom is 0.555 e. The first-order chi connectivity index (χ1) is 6.02. The SMILES string of the molecule is O=[N+]([O-])C(n1cnc(Cl)n1)[N+](=O)[O-]. The Bertz CT molecular complexity index is 335. The summed E-state index contributed by atoms with van der Waals surface area (Å²) in [5, 5.41) is 23.3. The Kier molecular flexibility index (Phi) is 2.37. The Morgan fingerprint density at radius 3 is 2.31 bits per heavy atom. The molecule has 1 rings (SSSR count). The van der Waals surface area contributed by atoms with Crippen molar-refractivity contribution in [2.45, 2.75) is 6.29 Å². The van der Waals surface area contributed by atoms with Crippen LogP contribution in [0.1, 0.15) is 6.29 Å². The van der Waals surface area contributed by atoms with Crippen LogP contribution in [0.5, 0.6) is 0 Å². The lowest BCUT2D eigenvalue weighted by molar-refractivity contribution is -0.774. The van der Waals surface area contributed by atoms with E-state index in [0.29, 0.717) is 4.68 Å². The van der Waals surface area contributed by atoms with Crippen molar-refractivity contribution in [2.24, 2.45) is 0 Å². The van der Waals surface area contributed by atoms with E-state index in [1.807, 2.05) is 0 Å². The van der Waals surface area contributed by atoms with Gasteiger partial charge in [0.25, 0.3) is 0 Å². The van der Waals surface area contributed by atoms with E-state index < -0.39 is 16.1 Å². The van der Waals surface area contributed by atoms with Crippen LogP contribution in [0.4, 0.5) is 0 Å². The molecule has 1 aromatic rings. The molecule has 0 saturated heterocycles. The Morgan fingerprint density at radius 1 is 1.46 bits per heavy atom. The van der Waals surface area contributed by atoms with E-state index in [0.717, 1.165) is 6.33 Å². The Morgan fingerprint density at radius 2 is 2.00 bits per heavy atom. The molecule has 10 heteroatoms.